The maximum Gasteiger partial charge on any atom is 0.0967 e. The molecule has 0 radical (unpaired) electrons. The fourth-order valence-electron chi connectivity index (χ4n) is 0.204. The molecule has 0 aliphatic heterocycles. The molecule has 0 bridgehead atoms. The molecule has 0 aliphatic rings. The Morgan fingerprint density at radius 2 is 1.27 bits per heavy atom. The predicted octanol–water partition coefficient (Wildman–Crippen LogP) is 2.46. The van der Waals surface area contributed by atoms with E-state index in [1.165, 1.54) is 0 Å². The van der Waals surface area contributed by atoms with Crippen molar-refractivity contribution in [2.45, 2.75) is 20.8 Å². The first kappa shape index (κ1) is 17.5. The summed E-state index contributed by atoms with van der Waals surface area (Å²) in [5.74, 6) is 0. The lowest BCUT2D eigenvalue weighted by molar-refractivity contribution is 0.162. The number of rotatable bonds is 2. The maximum atomic E-state index is 7.57. The van der Waals surface area contributed by atoms with Crippen LogP contribution in [0.15, 0.2) is 0 Å². The van der Waals surface area contributed by atoms with Gasteiger partial charge in [0.05, 0.1) is 5.34 Å². The van der Waals surface area contributed by atoms with E-state index in [4.69, 9.17) is 33.0 Å². The molecule has 0 fully saturated rings. The van der Waals surface area contributed by atoms with Crippen molar-refractivity contribution in [2.75, 3.05) is 25.2 Å². The minimum atomic E-state index is 0.194. The molecule has 1 N–H and O–H groups in total. The van der Waals surface area contributed by atoms with Gasteiger partial charge in [-0.25, -0.2) is 0 Å². The second kappa shape index (κ2) is 31.3. The molecule has 4 heteroatoms. The van der Waals surface area contributed by atoms with Gasteiger partial charge in [0.25, 0.3) is 0 Å². The van der Waals surface area contributed by atoms with E-state index in [2.05, 4.69) is 0 Å². The zero-order chi connectivity index (χ0) is 9.54. The molecule has 72 valence electrons. The van der Waals surface area contributed by atoms with Crippen LogP contribution in [0, 0.1) is 0 Å². The number of hydrogen-bond acceptors (Lipinski definition) is 2. The molecule has 0 aliphatic carbocycles. The highest BCUT2D eigenvalue weighted by Crippen LogP contribution is 1.73. The van der Waals surface area contributed by atoms with Crippen molar-refractivity contribution >= 4 is 23.2 Å². The third-order valence-corrected chi connectivity index (χ3v) is 0.408. The van der Waals surface area contributed by atoms with Crippen LogP contribution >= 0.6 is 23.2 Å². The average molecular weight is 205 g/mol. The van der Waals surface area contributed by atoms with Gasteiger partial charge in [-0.3, -0.25) is 0 Å². The van der Waals surface area contributed by atoms with Crippen molar-refractivity contribution < 1.29 is 9.84 Å². The second-order valence-corrected chi connectivity index (χ2v) is 2.01. The van der Waals surface area contributed by atoms with Crippen LogP contribution in [0.25, 0.3) is 0 Å². The Hall–Kier alpha value is 0.500. The van der Waals surface area contributed by atoms with Crippen LogP contribution in [0.4, 0.5) is 0 Å². The lowest BCUT2D eigenvalue weighted by atomic mass is 10.8. The number of ether oxygens (including phenoxy) is 1. The number of halogens is 2. The fourth-order valence-corrected chi connectivity index (χ4v) is 0.204. The first-order valence-electron chi connectivity index (χ1n) is 3.55. The van der Waals surface area contributed by atoms with Crippen molar-refractivity contribution in [3.05, 3.63) is 0 Å². The zero-order valence-corrected chi connectivity index (χ0v) is 8.95. The van der Waals surface area contributed by atoms with E-state index in [1.54, 1.807) is 6.92 Å². The molecule has 0 heterocycles. The van der Waals surface area contributed by atoms with Crippen LogP contribution in [0.5, 0.6) is 0 Å². The SMILES string of the molecule is CCO.CCOCC.ClCCl. The molecular formula is C7H18Cl2O2. The Labute approximate surface area is 79.5 Å². The number of alkyl halides is 2. The normalized spacial score (nSPS) is 7.09. The van der Waals surface area contributed by atoms with Crippen molar-refractivity contribution in [2.24, 2.45) is 0 Å². The molecule has 0 saturated carbocycles. The van der Waals surface area contributed by atoms with Crippen molar-refractivity contribution in [1.82, 2.24) is 0 Å². The zero-order valence-electron chi connectivity index (χ0n) is 7.44. The molecule has 0 atom stereocenters. The number of aliphatic hydroxyl groups excluding tert-OH is 1. The van der Waals surface area contributed by atoms with Gasteiger partial charge in [0.2, 0.25) is 0 Å². The van der Waals surface area contributed by atoms with Gasteiger partial charge in [-0.15, -0.1) is 23.2 Å². The molecule has 0 spiro atoms. The summed E-state index contributed by atoms with van der Waals surface area (Å²) in [6.07, 6.45) is 0. The van der Waals surface area contributed by atoms with Crippen LogP contribution in [-0.4, -0.2) is 30.3 Å². The quantitative estimate of drug-likeness (QED) is 0.701. The van der Waals surface area contributed by atoms with Crippen molar-refractivity contribution in [3.8, 4) is 0 Å². The van der Waals surface area contributed by atoms with Crippen LogP contribution < -0.4 is 0 Å². The van der Waals surface area contributed by atoms with Gasteiger partial charge in [-0.05, 0) is 20.8 Å². The van der Waals surface area contributed by atoms with Gasteiger partial charge < -0.3 is 9.84 Å². The van der Waals surface area contributed by atoms with E-state index in [0.717, 1.165) is 13.2 Å². The van der Waals surface area contributed by atoms with Gasteiger partial charge in [0, 0.05) is 19.8 Å². The highest BCUT2D eigenvalue weighted by molar-refractivity contribution is 6.40. The monoisotopic (exact) mass is 204 g/mol. The van der Waals surface area contributed by atoms with Gasteiger partial charge >= 0.3 is 0 Å². The Morgan fingerprint density at radius 1 is 1.09 bits per heavy atom. The Bertz CT molecular complexity index is 33.6. The third-order valence-electron chi connectivity index (χ3n) is 0.408. The molecule has 0 rings (SSSR count). The summed E-state index contributed by atoms with van der Waals surface area (Å²) in [5, 5.41) is 7.76. The van der Waals surface area contributed by atoms with Crippen molar-refractivity contribution in [1.29, 1.82) is 0 Å². The van der Waals surface area contributed by atoms with Crippen LogP contribution in [0.1, 0.15) is 20.8 Å². The molecule has 0 aromatic heterocycles. The lowest BCUT2D eigenvalue weighted by Crippen LogP contribution is -1.84. The second-order valence-electron chi connectivity index (χ2n) is 1.20. The summed E-state index contributed by atoms with van der Waals surface area (Å²) in [7, 11) is 0. The fraction of sp³-hybridized carbons (Fsp3) is 1.00. The standard InChI is InChI=1S/C4H10O.C2H6O.CH2Cl2/c1-3-5-4-2;1-2-3;2-1-3/h3-4H2,1-2H3;3H,2H2,1H3;1H2. The van der Waals surface area contributed by atoms with E-state index in [1.807, 2.05) is 13.8 Å². The maximum absolute atomic E-state index is 7.57. The topological polar surface area (TPSA) is 29.5 Å². The molecule has 11 heavy (non-hydrogen) atoms. The molecule has 0 aromatic rings. The largest absolute Gasteiger partial charge is 0.397 e. The Kier molecular flexibility index (Phi) is 50.0. The summed E-state index contributed by atoms with van der Waals surface area (Å²) < 4.78 is 4.83. The Balaban J connectivity index is -0.0000000933. The van der Waals surface area contributed by atoms with Crippen LogP contribution in [-0.2, 0) is 4.74 Å². The molecule has 0 amide bonds. The highest BCUT2D eigenvalue weighted by Gasteiger charge is 1.64. The van der Waals surface area contributed by atoms with Gasteiger partial charge in [0.15, 0.2) is 0 Å². The van der Waals surface area contributed by atoms with Gasteiger partial charge in [-0.2, -0.15) is 0 Å². The van der Waals surface area contributed by atoms with E-state index in [0.29, 0.717) is 0 Å². The van der Waals surface area contributed by atoms with E-state index in [-0.39, 0.29) is 11.9 Å². The minimum absolute atomic E-state index is 0.194. The Morgan fingerprint density at radius 3 is 1.27 bits per heavy atom. The molecule has 0 saturated heterocycles. The van der Waals surface area contributed by atoms with Gasteiger partial charge in [0.1, 0.15) is 0 Å². The van der Waals surface area contributed by atoms with E-state index in [9.17, 15) is 0 Å². The van der Waals surface area contributed by atoms with Crippen molar-refractivity contribution in [3.63, 3.8) is 0 Å². The lowest BCUT2D eigenvalue weighted by Gasteiger charge is -1.86. The minimum Gasteiger partial charge on any atom is -0.397 e. The van der Waals surface area contributed by atoms with Crippen LogP contribution in [0.2, 0.25) is 0 Å². The molecule has 0 aromatic carbocycles. The summed E-state index contributed by atoms with van der Waals surface area (Å²) >= 11 is 9.53. The van der Waals surface area contributed by atoms with Crippen LogP contribution in [0.3, 0.4) is 0 Å². The highest BCUT2D eigenvalue weighted by atomic mass is 35.5. The van der Waals surface area contributed by atoms with E-state index >= 15 is 0 Å². The molecule has 2 nitrogen and oxygen atoms in total. The van der Waals surface area contributed by atoms with E-state index < -0.39 is 0 Å². The average Bonchev–Trinajstić information content (AvgIpc) is 1.92. The smallest absolute Gasteiger partial charge is 0.0967 e. The third kappa shape index (κ3) is 121. The van der Waals surface area contributed by atoms with Gasteiger partial charge in [-0.1, -0.05) is 0 Å². The summed E-state index contributed by atoms with van der Waals surface area (Å²) in [6, 6.07) is 0. The number of hydrogen-bond donors (Lipinski definition) is 1. The predicted molar refractivity (Wildman–Crippen MR) is 51.5 cm³/mol. The summed E-state index contributed by atoms with van der Waals surface area (Å²) in [4.78, 5) is 0. The summed E-state index contributed by atoms with van der Waals surface area (Å²) in [6.45, 7) is 7.60. The first-order chi connectivity index (χ1) is 5.24. The number of aliphatic hydroxyl groups is 1. The summed E-state index contributed by atoms with van der Waals surface area (Å²) in [5.41, 5.74) is 0. The molecule has 0 unspecified atom stereocenters. The first-order valence-corrected chi connectivity index (χ1v) is 4.62. The molecular weight excluding hydrogens is 187 g/mol.